The van der Waals surface area contributed by atoms with Gasteiger partial charge in [0.15, 0.2) is 5.78 Å². The smallest absolute Gasteiger partial charge is 0.179 e. The fourth-order valence-corrected chi connectivity index (χ4v) is 3.04. The molecule has 4 heteroatoms. The molecule has 3 rings (SSSR count). The number of Topliss-reactive ketones (excluding diaryl/α,β-unsaturated/α-hetero) is 1. The van der Waals surface area contributed by atoms with Crippen LogP contribution in [0.3, 0.4) is 0 Å². The number of hydrogen-bond donors (Lipinski definition) is 1. The highest BCUT2D eigenvalue weighted by atomic mass is 35.5. The average molecular weight is 327 g/mol. The first kappa shape index (κ1) is 15.8. The van der Waals surface area contributed by atoms with Crippen LogP contribution in [0, 0.1) is 6.92 Å². The quantitative estimate of drug-likeness (QED) is 0.703. The number of aryl methyl sites for hydroxylation is 1. The number of rotatable bonds is 5. The predicted molar refractivity (Wildman–Crippen MR) is 95.2 cm³/mol. The Balaban J connectivity index is 1.75. The van der Waals surface area contributed by atoms with Gasteiger partial charge >= 0.3 is 0 Å². The number of aromatic amines is 1. The number of carbonyl (C=O) groups is 1. The van der Waals surface area contributed by atoms with Gasteiger partial charge in [-0.1, -0.05) is 41.9 Å². The van der Waals surface area contributed by atoms with Gasteiger partial charge in [0, 0.05) is 33.7 Å². The zero-order valence-electron chi connectivity index (χ0n) is 13.3. The summed E-state index contributed by atoms with van der Waals surface area (Å²) in [6, 6.07) is 15.6. The lowest BCUT2D eigenvalue weighted by atomic mass is 10.1. The van der Waals surface area contributed by atoms with Crippen molar-refractivity contribution in [3.8, 4) is 0 Å². The van der Waals surface area contributed by atoms with E-state index in [2.05, 4.69) is 4.98 Å². The van der Waals surface area contributed by atoms with Gasteiger partial charge in [-0.3, -0.25) is 9.69 Å². The van der Waals surface area contributed by atoms with Crippen molar-refractivity contribution in [3.63, 3.8) is 0 Å². The van der Waals surface area contributed by atoms with Crippen LogP contribution in [0.4, 0.5) is 0 Å². The number of H-pyrrole nitrogens is 1. The average Bonchev–Trinajstić information content (AvgIpc) is 2.85. The maximum Gasteiger partial charge on any atom is 0.179 e. The van der Waals surface area contributed by atoms with Crippen molar-refractivity contribution in [2.75, 3.05) is 13.6 Å². The molecule has 0 aliphatic rings. The third-order valence-corrected chi connectivity index (χ3v) is 4.20. The number of para-hydroxylation sites is 1. The Hall–Kier alpha value is -2.10. The number of carbonyl (C=O) groups excluding carboxylic acids is 1. The standard InChI is InChI=1S/C19H19ClN2O/c1-13-19(16-5-3-4-6-17(16)21-13)18(23)12-22(2)11-14-7-9-15(20)10-8-14/h3-10,21H,11-12H2,1-2H3. The molecule has 0 radical (unpaired) electrons. The topological polar surface area (TPSA) is 36.1 Å². The van der Waals surface area contributed by atoms with E-state index < -0.39 is 0 Å². The summed E-state index contributed by atoms with van der Waals surface area (Å²) in [5, 5.41) is 1.72. The lowest BCUT2D eigenvalue weighted by Crippen LogP contribution is -2.25. The second kappa shape index (κ2) is 6.57. The van der Waals surface area contributed by atoms with Gasteiger partial charge < -0.3 is 4.98 Å². The maximum absolute atomic E-state index is 12.7. The monoisotopic (exact) mass is 326 g/mol. The van der Waals surface area contributed by atoms with Crippen molar-refractivity contribution in [2.24, 2.45) is 0 Å². The van der Waals surface area contributed by atoms with Gasteiger partial charge in [-0.15, -0.1) is 0 Å². The van der Waals surface area contributed by atoms with Crippen LogP contribution in [0.2, 0.25) is 5.02 Å². The third-order valence-electron chi connectivity index (χ3n) is 3.95. The molecule has 118 valence electrons. The molecule has 3 nitrogen and oxygen atoms in total. The zero-order valence-corrected chi connectivity index (χ0v) is 14.0. The second-order valence-corrected chi connectivity index (χ2v) is 6.33. The molecule has 0 fully saturated rings. The summed E-state index contributed by atoms with van der Waals surface area (Å²) in [6.07, 6.45) is 0. The van der Waals surface area contributed by atoms with Crippen molar-refractivity contribution in [1.29, 1.82) is 0 Å². The summed E-state index contributed by atoms with van der Waals surface area (Å²) in [7, 11) is 1.96. The minimum absolute atomic E-state index is 0.136. The van der Waals surface area contributed by atoms with Crippen LogP contribution in [-0.4, -0.2) is 29.3 Å². The highest BCUT2D eigenvalue weighted by Gasteiger charge is 2.17. The Bertz CT molecular complexity index is 836. The van der Waals surface area contributed by atoms with Gasteiger partial charge in [0.2, 0.25) is 0 Å². The summed E-state index contributed by atoms with van der Waals surface area (Å²) < 4.78 is 0. The molecule has 0 spiro atoms. The molecule has 0 unspecified atom stereocenters. The number of halogens is 1. The van der Waals surface area contributed by atoms with Crippen molar-refractivity contribution in [1.82, 2.24) is 9.88 Å². The highest BCUT2D eigenvalue weighted by Crippen LogP contribution is 2.22. The van der Waals surface area contributed by atoms with E-state index in [0.717, 1.165) is 32.7 Å². The molecule has 0 aliphatic carbocycles. The van der Waals surface area contributed by atoms with Crippen LogP contribution in [0.5, 0.6) is 0 Å². The van der Waals surface area contributed by atoms with Gasteiger partial charge in [-0.2, -0.15) is 0 Å². The number of likely N-dealkylation sites (N-methyl/N-ethyl adjacent to an activating group) is 1. The summed E-state index contributed by atoms with van der Waals surface area (Å²) in [6.45, 7) is 3.04. The first-order valence-corrected chi connectivity index (χ1v) is 7.96. The van der Waals surface area contributed by atoms with E-state index in [1.807, 2.05) is 67.4 Å². The zero-order chi connectivity index (χ0) is 16.4. The van der Waals surface area contributed by atoms with Crippen molar-refractivity contribution in [3.05, 3.63) is 70.4 Å². The van der Waals surface area contributed by atoms with E-state index in [1.54, 1.807) is 0 Å². The van der Waals surface area contributed by atoms with Gasteiger partial charge in [-0.25, -0.2) is 0 Å². The van der Waals surface area contributed by atoms with Crippen molar-refractivity contribution < 1.29 is 4.79 Å². The maximum atomic E-state index is 12.7. The number of benzene rings is 2. The Labute approximate surface area is 140 Å². The molecule has 0 aliphatic heterocycles. The fraction of sp³-hybridized carbons (Fsp3) is 0.211. The first-order chi connectivity index (χ1) is 11.0. The minimum atomic E-state index is 0.136. The van der Waals surface area contributed by atoms with Crippen LogP contribution in [0.25, 0.3) is 10.9 Å². The lowest BCUT2D eigenvalue weighted by molar-refractivity contribution is 0.0944. The van der Waals surface area contributed by atoms with E-state index in [-0.39, 0.29) is 5.78 Å². The fourth-order valence-electron chi connectivity index (χ4n) is 2.92. The van der Waals surface area contributed by atoms with E-state index >= 15 is 0 Å². The summed E-state index contributed by atoms with van der Waals surface area (Å²) in [5.41, 5.74) is 3.87. The number of ketones is 1. The molecule has 23 heavy (non-hydrogen) atoms. The number of fused-ring (bicyclic) bond motifs is 1. The molecule has 0 saturated heterocycles. The highest BCUT2D eigenvalue weighted by molar-refractivity contribution is 6.30. The van der Waals surface area contributed by atoms with Crippen LogP contribution in [0.1, 0.15) is 21.6 Å². The molecule has 1 heterocycles. The summed E-state index contributed by atoms with van der Waals surface area (Å²) in [5.74, 6) is 0.136. The lowest BCUT2D eigenvalue weighted by Gasteiger charge is -2.16. The molecule has 0 bridgehead atoms. The Morgan fingerprint density at radius 1 is 1.13 bits per heavy atom. The van der Waals surface area contributed by atoms with E-state index in [0.29, 0.717) is 13.1 Å². The Kier molecular flexibility index (Phi) is 4.51. The SMILES string of the molecule is Cc1[nH]c2ccccc2c1C(=O)CN(C)Cc1ccc(Cl)cc1. The molecule has 1 aromatic heterocycles. The Morgan fingerprint density at radius 3 is 2.57 bits per heavy atom. The molecule has 1 N–H and O–H groups in total. The molecular weight excluding hydrogens is 308 g/mol. The predicted octanol–water partition coefficient (Wildman–Crippen LogP) is 4.44. The van der Waals surface area contributed by atoms with E-state index in [9.17, 15) is 4.79 Å². The normalized spacial score (nSPS) is 11.3. The molecule has 0 atom stereocenters. The van der Waals surface area contributed by atoms with Gasteiger partial charge in [-0.05, 0) is 37.7 Å². The molecule has 0 amide bonds. The van der Waals surface area contributed by atoms with E-state index in [4.69, 9.17) is 11.6 Å². The molecule has 3 aromatic rings. The van der Waals surface area contributed by atoms with Gasteiger partial charge in [0.25, 0.3) is 0 Å². The van der Waals surface area contributed by atoms with Crippen LogP contribution in [0.15, 0.2) is 48.5 Å². The first-order valence-electron chi connectivity index (χ1n) is 7.58. The van der Waals surface area contributed by atoms with E-state index in [1.165, 1.54) is 0 Å². The number of aromatic nitrogens is 1. The molecular formula is C19H19ClN2O. The summed E-state index contributed by atoms with van der Waals surface area (Å²) in [4.78, 5) is 18.0. The Morgan fingerprint density at radius 2 is 1.83 bits per heavy atom. The largest absolute Gasteiger partial charge is 0.358 e. The minimum Gasteiger partial charge on any atom is -0.358 e. The number of nitrogens with zero attached hydrogens (tertiary/aromatic N) is 1. The van der Waals surface area contributed by atoms with Crippen molar-refractivity contribution >= 4 is 28.3 Å². The summed E-state index contributed by atoms with van der Waals surface area (Å²) >= 11 is 5.90. The van der Waals surface area contributed by atoms with Gasteiger partial charge in [0.1, 0.15) is 0 Å². The molecule has 0 saturated carbocycles. The second-order valence-electron chi connectivity index (χ2n) is 5.89. The van der Waals surface area contributed by atoms with Crippen LogP contribution < -0.4 is 0 Å². The third kappa shape index (κ3) is 3.46. The van der Waals surface area contributed by atoms with Crippen LogP contribution in [-0.2, 0) is 6.54 Å². The molecule has 2 aromatic carbocycles. The number of hydrogen-bond acceptors (Lipinski definition) is 2. The number of nitrogens with one attached hydrogen (secondary N) is 1. The van der Waals surface area contributed by atoms with Crippen LogP contribution >= 0.6 is 11.6 Å². The van der Waals surface area contributed by atoms with Crippen molar-refractivity contribution in [2.45, 2.75) is 13.5 Å². The van der Waals surface area contributed by atoms with Gasteiger partial charge in [0.05, 0.1) is 6.54 Å².